The van der Waals surface area contributed by atoms with Crippen LogP contribution in [-0.4, -0.2) is 30.2 Å². The van der Waals surface area contributed by atoms with Crippen molar-refractivity contribution in [3.05, 3.63) is 75.7 Å². The molecule has 120 valence electrons. The van der Waals surface area contributed by atoms with Crippen LogP contribution in [0.3, 0.4) is 0 Å². The zero-order valence-corrected chi connectivity index (χ0v) is 12.9. The van der Waals surface area contributed by atoms with E-state index in [-0.39, 0.29) is 5.78 Å². The molecule has 0 aliphatic carbocycles. The Morgan fingerprint density at radius 1 is 0.958 bits per heavy atom. The van der Waals surface area contributed by atoms with Gasteiger partial charge in [0, 0.05) is 6.20 Å². The molecule has 24 heavy (non-hydrogen) atoms. The summed E-state index contributed by atoms with van der Waals surface area (Å²) in [6.45, 7) is 1.82. The quantitative estimate of drug-likeness (QED) is 0.720. The van der Waals surface area contributed by atoms with E-state index >= 15 is 0 Å². The maximum atomic E-state index is 13.0. The number of para-hydroxylation sites is 1. The highest BCUT2D eigenvalue weighted by Crippen LogP contribution is 2.46. The maximum Gasteiger partial charge on any atom is 0.354 e. The van der Waals surface area contributed by atoms with Gasteiger partial charge in [-0.15, -0.1) is 0 Å². The van der Waals surface area contributed by atoms with Crippen LogP contribution < -0.4 is 11.4 Å². The summed E-state index contributed by atoms with van der Waals surface area (Å²) in [7, 11) is 0. The Bertz CT molecular complexity index is 1060. The molecule has 0 spiro atoms. The number of ketones is 1. The summed E-state index contributed by atoms with van der Waals surface area (Å²) >= 11 is 0. The molecule has 0 saturated carbocycles. The molecule has 3 atom stereocenters. The highest BCUT2D eigenvalue weighted by molar-refractivity contribution is 6.00. The van der Waals surface area contributed by atoms with E-state index in [1.54, 1.807) is 30.5 Å². The van der Waals surface area contributed by atoms with Gasteiger partial charge in [0.2, 0.25) is 0 Å². The Morgan fingerprint density at radius 2 is 1.67 bits per heavy atom. The van der Waals surface area contributed by atoms with Crippen molar-refractivity contribution in [2.24, 2.45) is 0 Å². The number of aromatic nitrogens is 3. The molecule has 0 unspecified atom stereocenters. The van der Waals surface area contributed by atoms with E-state index in [2.05, 4.69) is 0 Å². The average Bonchev–Trinajstić information content (AvgIpc) is 3.06. The van der Waals surface area contributed by atoms with Crippen LogP contribution in [0.5, 0.6) is 0 Å². The van der Waals surface area contributed by atoms with Crippen molar-refractivity contribution in [3.8, 4) is 5.69 Å². The minimum absolute atomic E-state index is 0.0556. The van der Waals surface area contributed by atoms with Gasteiger partial charge in [-0.25, -0.2) is 23.5 Å². The first-order valence-electron chi connectivity index (χ1n) is 7.76. The lowest BCUT2D eigenvalue weighted by molar-refractivity contribution is -0.129. The van der Waals surface area contributed by atoms with Crippen LogP contribution in [0.2, 0.25) is 0 Å². The molecule has 0 saturated heterocycles. The summed E-state index contributed by atoms with van der Waals surface area (Å²) in [6, 6.07) is 8.31. The van der Waals surface area contributed by atoms with Crippen molar-refractivity contribution in [2.75, 3.05) is 0 Å². The fourth-order valence-electron chi connectivity index (χ4n) is 4.03. The Labute approximate surface area is 136 Å². The smallest absolute Gasteiger partial charge is 0.337 e. The van der Waals surface area contributed by atoms with Crippen molar-refractivity contribution >= 4 is 5.78 Å². The van der Waals surface area contributed by atoms with Gasteiger partial charge >= 0.3 is 11.4 Å². The van der Waals surface area contributed by atoms with Crippen molar-refractivity contribution in [1.82, 2.24) is 18.8 Å². The molecule has 0 radical (unpaired) electrons. The van der Waals surface area contributed by atoms with Gasteiger partial charge < -0.3 is 4.90 Å². The first-order chi connectivity index (χ1) is 11.5. The van der Waals surface area contributed by atoms with E-state index in [0.29, 0.717) is 5.69 Å². The van der Waals surface area contributed by atoms with Crippen LogP contribution in [0.1, 0.15) is 19.1 Å². The van der Waals surface area contributed by atoms with Gasteiger partial charge in [0.15, 0.2) is 5.78 Å². The first kappa shape index (κ1) is 13.4. The number of rotatable bonds is 1. The maximum absolute atomic E-state index is 13.0. The van der Waals surface area contributed by atoms with Gasteiger partial charge in [-0.1, -0.05) is 24.3 Å². The molecule has 6 rings (SSSR count). The van der Waals surface area contributed by atoms with Gasteiger partial charge in [-0.3, -0.25) is 4.79 Å². The lowest BCUT2D eigenvalue weighted by Gasteiger charge is -2.51. The second-order valence-electron chi connectivity index (χ2n) is 6.40. The molecule has 4 aliphatic heterocycles. The number of benzene rings is 1. The van der Waals surface area contributed by atoms with Crippen LogP contribution in [-0.2, 0) is 4.79 Å². The SMILES string of the molecule is C[C@@]12C(=O)C=CN1[C@H]1C=C[C@@H]2n2c(=O)n(-c3ccccc3)c(=O)n21. The average molecular weight is 322 g/mol. The minimum atomic E-state index is -0.863. The van der Waals surface area contributed by atoms with Crippen LogP contribution in [0.15, 0.2) is 64.3 Å². The number of nitrogens with zero attached hydrogens (tertiary/aromatic N) is 4. The number of carbonyl (C=O) groups is 1. The van der Waals surface area contributed by atoms with Crippen molar-refractivity contribution in [1.29, 1.82) is 0 Å². The largest absolute Gasteiger partial charge is 0.354 e. The van der Waals surface area contributed by atoms with Gasteiger partial charge in [0.05, 0.1) is 5.69 Å². The fourth-order valence-corrected chi connectivity index (χ4v) is 4.03. The van der Waals surface area contributed by atoms with Gasteiger partial charge in [0.1, 0.15) is 17.7 Å². The zero-order chi connectivity index (χ0) is 16.6. The third-order valence-corrected chi connectivity index (χ3v) is 5.28. The first-order valence-corrected chi connectivity index (χ1v) is 7.76. The van der Waals surface area contributed by atoms with Crippen molar-refractivity contribution in [3.63, 3.8) is 0 Å². The summed E-state index contributed by atoms with van der Waals surface area (Å²) in [5.41, 5.74) is -1.17. The fraction of sp³-hybridized carbons (Fsp3) is 0.235. The molecule has 0 fully saturated rings. The van der Waals surface area contributed by atoms with Crippen LogP contribution >= 0.6 is 0 Å². The third kappa shape index (κ3) is 1.28. The number of hydrogen-bond acceptors (Lipinski definition) is 4. The second-order valence-corrected chi connectivity index (χ2v) is 6.40. The highest BCUT2D eigenvalue weighted by atomic mass is 16.2. The summed E-state index contributed by atoms with van der Waals surface area (Å²) in [6.07, 6.45) is 6.46. The molecule has 7 nitrogen and oxygen atoms in total. The number of carbonyl (C=O) groups excluding carboxylic acids is 1. The predicted molar refractivity (Wildman–Crippen MR) is 85.9 cm³/mol. The monoisotopic (exact) mass is 322 g/mol. The van der Waals surface area contributed by atoms with Crippen LogP contribution in [0, 0.1) is 0 Å². The second kappa shape index (κ2) is 4.05. The number of hydrogen-bond donors (Lipinski definition) is 0. The Balaban J connectivity index is 1.84. The predicted octanol–water partition coefficient (Wildman–Crippen LogP) is 0.581. The topological polar surface area (TPSA) is 69.2 Å². The molecule has 5 heterocycles. The molecule has 2 aromatic rings. The van der Waals surface area contributed by atoms with Gasteiger partial charge in [-0.05, 0) is 31.2 Å². The molecule has 2 bridgehead atoms. The zero-order valence-electron chi connectivity index (χ0n) is 12.9. The van der Waals surface area contributed by atoms with Gasteiger partial charge in [-0.2, -0.15) is 0 Å². The van der Waals surface area contributed by atoms with E-state index < -0.39 is 29.1 Å². The summed E-state index contributed by atoms with van der Waals surface area (Å²) < 4.78 is 4.01. The van der Waals surface area contributed by atoms with Crippen LogP contribution in [0.4, 0.5) is 0 Å². The summed E-state index contributed by atoms with van der Waals surface area (Å²) in [4.78, 5) is 40.2. The summed E-state index contributed by atoms with van der Waals surface area (Å²) in [5, 5.41) is 0. The molecule has 0 amide bonds. The van der Waals surface area contributed by atoms with Crippen LogP contribution in [0.25, 0.3) is 5.69 Å². The normalized spacial score (nSPS) is 29.2. The molecule has 0 N–H and O–H groups in total. The Hall–Kier alpha value is -3.09. The van der Waals surface area contributed by atoms with E-state index in [1.807, 2.05) is 30.0 Å². The minimum Gasteiger partial charge on any atom is -0.337 e. The highest BCUT2D eigenvalue weighted by Gasteiger charge is 2.57. The van der Waals surface area contributed by atoms with E-state index in [4.69, 9.17) is 0 Å². The van der Waals surface area contributed by atoms with E-state index in [0.717, 1.165) is 4.57 Å². The Morgan fingerprint density at radius 3 is 2.42 bits per heavy atom. The van der Waals surface area contributed by atoms with Crippen molar-refractivity contribution in [2.45, 2.75) is 24.7 Å². The van der Waals surface area contributed by atoms with E-state index in [9.17, 15) is 14.4 Å². The molecule has 1 aromatic heterocycles. The third-order valence-electron chi connectivity index (χ3n) is 5.28. The molecule has 4 aliphatic rings. The molecule has 7 heteroatoms. The van der Waals surface area contributed by atoms with Gasteiger partial charge in [0.25, 0.3) is 0 Å². The lowest BCUT2D eigenvalue weighted by Crippen LogP contribution is -2.63. The van der Waals surface area contributed by atoms with E-state index in [1.165, 1.54) is 15.4 Å². The standard InChI is InChI=1S/C17H14N4O3/c1-17-12-7-8-14(18(17)10-9-13(17)22)21-16(24)19(15(23)20(12)21)11-5-3-2-4-6-11/h2-10,12,14H,1H3/t12-,14+,17+/m0/s1. The molecule has 1 aromatic carbocycles. The summed E-state index contributed by atoms with van der Waals surface area (Å²) in [5.74, 6) is -0.0556. The molecular formula is C17H14N4O3. The Kier molecular flexibility index (Phi) is 2.26. The molecular weight excluding hydrogens is 308 g/mol. The van der Waals surface area contributed by atoms with Crippen molar-refractivity contribution < 1.29 is 4.79 Å². The lowest BCUT2D eigenvalue weighted by atomic mass is 9.83.